The van der Waals surface area contributed by atoms with Crippen LogP contribution < -0.4 is 4.74 Å². The molecule has 0 aliphatic carbocycles. The van der Waals surface area contributed by atoms with Crippen molar-refractivity contribution in [2.45, 2.75) is 19.9 Å². The van der Waals surface area contributed by atoms with E-state index in [0.717, 1.165) is 6.07 Å². The van der Waals surface area contributed by atoms with Gasteiger partial charge in [-0.05, 0) is 32.0 Å². The first-order chi connectivity index (χ1) is 9.45. The van der Waals surface area contributed by atoms with E-state index in [4.69, 9.17) is 16.3 Å². The van der Waals surface area contributed by atoms with Crippen molar-refractivity contribution in [1.29, 1.82) is 0 Å². The molecule has 0 unspecified atom stereocenters. The van der Waals surface area contributed by atoms with Gasteiger partial charge in [0.1, 0.15) is 5.82 Å². The first-order valence-electron chi connectivity index (χ1n) is 6.07. The lowest BCUT2D eigenvalue weighted by molar-refractivity contribution is 0.102. The zero-order valence-corrected chi connectivity index (χ0v) is 12.1. The molecule has 0 aliphatic rings. The Morgan fingerprint density at radius 2 is 2.15 bits per heavy atom. The number of benzene rings is 1. The van der Waals surface area contributed by atoms with Crippen LogP contribution in [0.25, 0.3) is 0 Å². The van der Waals surface area contributed by atoms with Crippen LogP contribution in [0.5, 0.6) is 5.75 Å². The number of rotatable bonds is 4. The molecular formula is C14H14ClFN2O2. The summed E-state index contributed by atoms with van der Waals surface area (Å²) in [4.78, 5) is 12.5. The van der Waals surface area contributed by atoms with E-state index in [0.29, 0.717) is 5.75 Å². The van der Waals surface area contributed by atoms with E-state index in [1.165, 1.54) is 30.1 Å². The number of aromatic nitrogens is 2. The van der Waals surface area contributed by atoms with Gasteiger partial charge in [-0.3, -0.25) is 9.48 Å². The molecule has 20 heavy (non-hydrogen) atoms. The Bertz CT molecular complexity index is 653. The molecule has 0 atom stereocenters. The second-order valence-corrected chi connectivity index (χ2v) is 4.99. The summed E-state index contributed by atoms with van der Waals surface area (Å²) >= 11 is 5.69. The maximum Gasteiger partial charge on any atom is 0.217 e. The van der Waals surface area contributed by atoms with Gasteiger partial charge in [0.15, 0.2) is 11.4 Å². The quantitative estimate of drug-likeness (QED) is 0.811. The highest BCUT2D eigenvalue weighted by Crippen LogP contribution is 2.26. The Labute approximate surface area is 121 Å². The Balaban J connectivity index is 2.55. The van der Waals surface area contributed by atoms with Gasteiger partial charge < -0.3 is 4.74 Å². The molecule has 0 amide bonds. The van der Waals surface area contributed by atoms with Crippen molar-refractivity contribution in [2.75, 3.05) is 7.11 Å². The summed E-state index contributed by atoms with van der Waals surface area (Å²) in [7, 11) is 1.44. The lowest BCUT2D eigenvalue weighted by Crippen LogP contribution is -2.15. The first-order valence-corrected chi connectivity index (χ1v) is 6.44. The summed E-state index contributed by atoms with van der Waals surface area (Å²) in [5.41, 5.74) is 0.166. The lowest BCUT2D eigenvalue weighted by Gasteiger charge is -2.11. The van der Waals surface area contributed by atoms with Crippen molar-refractivity contribution in [1.82, 2.24) is 9.78 Å². The number of carbonyl (C=O) groups excluding carboxylic acids is 1. The normalized spacial score (nSPS) is 10.9. The van der Waals surface area contributed by atoms with Gasteiger partial charge in [0.2, 0.25) is 5.78 Å². The van der Waals surface area contributed by atoms with E-state index in [1.807, 2.05) is 13.8 Å². The van der Waals surface area contributed by atoms with Crippen molar-refractivity contribution in [2.24, 2.45) is 0 Å². The highest BCUT2D eigenvalue weighted by molar-refractivity contribution is 6.30. The molecule has 6 heteroatoms. The maximum absolute atomic E-state index is 13.9. The van der Waals surface area contributed by atoms with Crippen LogP contribution in [-0.2, 0) is 0 Å². The van der Waals surface area contributed by atoms with E-state index < -0.39 is 11.6 Å². The maximum atomic E-state index is 13.9. The van der Waals surface area contributed by atoms with Crippen LogP contribution in [0, 0.1) is 5.82 Å². The SMILES string of the molecule is COc1cnn(C(C)C)c1C(=O)c1ccc(Cl)cc1F. The fourth-order valence-corrected chi connectivity index (χ4v) is 2.06. The van der Waals surface area contributed by atoms with Crippen LogP contribution in [0.3, 0.4) is 0 Å². The number of hydrogen-bond acceptors (Lipinski definition) is 3. The van der Waals surface area contributed by atoms with E-state index in [2.05, 4.69) is 5.10 Å². The first kappa shape index (κ1) is 14.5. The summed E-state index contributed by atoms with van der Waals surface area (Å²) in [6.07, 6.45) is 1.45. The lowest BCUT2D eigenvalue weighted by atomic mass is 10.1. The molecule has 0 aliphatic heterocycles. The molecule has 1 aromatic heterocycles. The largest absolute Gasteiger partial charge is 0.493 e. The van der Waals surface area contributed by atoms with E-state index in [9.17, 15) is 9.18 Å². The molecule has 2 aromatic rings. The predicted octanol–water partition coefficient (Wildman–Crippen LogP) is 3.50. The monoisotopic (exact) mass is 296 g/mol. The second-order valence-electron chi connectivity index (χ2n) is 4.55. The van der Waals surface area contributed by atoms with Gasteiger partial charge in [0.25, 0.3) is 0 Å². The van der Waals surface area contributed by atoms with Crippen molar-refractivity contribution < 1.29 is 13.9 Å². The number of halogens is 2. The zero-order valence-electron chi connectivity index (χ0n) is 11.4. The fourth-order valence-electron chi connectivity index (χ4n) is 1.90. The van der Waals surface area contributed by atoms with Gasteiger partial charge in [0.05, 0.1) is 18.9 Å². The third-order valence-corrected chi connectivity index (χ3v) is 3.10. The highest BCUT2D eigenvalue weighted by Gasteiger charge is 2.24. The topological polar surface area (TPSA) is 44.1 Å². The second kappa shape index (κ2) is 5.63. The molecule has 0 saturated heterocycles. The molecule has 0 bridgehead atoms. The number of ketones is 1. The van der Waals surface area contributed by atoms with Crippen LogP contribution in [-0.4, -0.2) is 22.7 Å². The highest BCUT2D eigenvalue weighted by atomic mass is 35.5. The number of nitrogens with zero attached hydrogens (tertiary/aromatic N) is 2. The summed E-state index contributed by atoms with van der Waals surface area (Å²) in [5, 5.41) is 4.34. The number of methoxy groups -OCH3 is 1. The number of carbonyl (C=O) groups is 1. The third kappa shape index (κ3) is 2.54. The number of hydrogen-bond donors (Lipinski definition) is 0. The minimum atomic E-state index is -0.666. The van der Waals surface area contributed by atoms with Gasteiger partial charge in [-0.15, -0.1) is 0 Å². The predicted molar refractivity (Wildman–Crippen MR) is 74.0 cm³/mol. The van der Waals surface area contributed by atoms with Gasteiger partial charge in [-0.2, -0.15) is 5.10 Å². The van der Waals surface area contributed by atoms with Crippen LogP contribution in [0.2, 0.25) is 5.02 Å². The zero-order chi connectivity index (χ0) is 14.9. The van der Waals surface area contributed by atoms with Gasteiger partial charge >= 0.3 is 0 Å². The van der Waals surface area contributed by atoms with Crippen LogP contribution in [0.4, 0.5) is 4.39 Å². The minimum Gasteiger partial charge on any atom is -0.493 e. The van der Waals surface area contributed by atoms with E-state index in [-0.39, 0.29) is 22.3 Å². The average Bonchev–Trinajstić information content (AvgIpc) is 2.81. The fraction of sp³-hybridized carbons (Fsp3) is 0.286. The van der Waals surface area contributed by atoms with Crippen LogP contribution in [0.1, 0.15) is 35.9 Å². The Hall–Kier alpha value is -1.88. The summed E-state index contributed by atoms with van der Waals surface area (Å²) in [6.45, 7) is 3.75. The Morgan fingerprint density at radius 1 is 1.45 bits per heavy atom. The van der Waals surface area contributed by atoms with Crippen molar-refractivity contribution in [3.63, 3.8) is 0 Å². The van der Waals surface area contributed by atoms with Gasteiger partial charge in [-0.25, -0.2) is 4.39 Å². The molecule has 0 spiro atoms. The van der Waals surface area contributed by atoms with Gasteiger partial charge in [0, 0.05) is 11.1 Å². The Kier molecular flexibility index (Phi) is 4.09. The standard InChI is InChI=1S/C14H14ClFN2O2/c1-8(2)18-13(12(20-3)7-17-18)14(19)10-5-4-9(15)6-11(10)16/h4-8H,1-3H3. The minimum absolute atomic E-state index is 0.0480. The molecule has 0 fully saturated rings. The molecule has 0 saturated carbocycles. The third-order valence-electron chi connectivity index (χ3n) is 2.86. The molecule has 4 nitrogen and oxygen atoms in total. The molecule has 0 N–H and O–H groups in total. The smallest absolute Gasteiger partial charge is 0.217 e. The van der Waals surface area contributed by atoms with E-state index in [1.54, 1.807) is 0 Å². The summed E-state index contributed by atoms with van der Waals surface area (Å²) in [5.74, 6) is -0.832. The summed E-state index contributed by atoms with van der Waals surface area (Å²) < 4.78 is 20.5. The van der Waals surface area contributed by atoms with E-state index >= 15 is 0 Å². The average molecular weight is 297 g/mol. The van der Waals surface area contributed by atoms with Gasteiger partial charge in [-0.1, -0.05) is 11.6 Å². The van der Waals surface area contributed by atoms with Crippen LogP contribution >= 0.6 is 11.6 Å². The van der Waals surface area contributed by atoms with Crippen molar-refractivity contribution in [3.05, 3.63) is 46.5 Å². The number of ether oxygens (including phenoxy) is 1. The van der Waals surface area contributed by atoms with Crippen molar-refractivity contribution in [3.8, 4) is 5.75 Å². The molecule has 2 rings (SSSR count). The molecule has 0 radical (unpaired) electrons. The molecule has 1 heterocycles. The summed E-state index contributed by atoms with van der Waals surface area (Å²) in [6, 6.07) is 3.89. The Morgan fingerprint density at radius 3 is 2.70 bits per heavy atom. The molecular weight excluding hydrogens is 283 g/mol. The van der Waals surface area contributed by atoms with Crippen molar-refractivity contribution >= 4 is 17.4 Å². The van der Waals surface area contributed by atoms with Crippen LogP contribution in [0.15, 0.2) is 24.4 Å². The molecule has 106 valence electrons. The molecule has 1 aromatic carbocycles.